The number of aryl methyl sites for hydroxylation is 2. The topological polar surface area (TPSA) is 146 Å². The highest BCUT2D eigenvalue weighted by atomic mass is 35.5. The number of nitriles is 1. The largest absolute Gasteiger partial charge is 0.393 e. The van der Waals surface area contributed by atoms with Gasteiger partial charge in [-0.05, 0) is 60.9 Å². The van der Waals surface area contributed by atoms with E-state index in [4.69, 9.17) is 28.9 Å². The van der Waals surface area contributed by atoms with Crippen molar-refractivity contribution in [1.82, 2.24) is 14.8 Å². The Bertz CT molecular complexity index is 1620. The second-order valence-electron chi connectivity index (χ2n) is 8.46. The first kappa shape index (κ1) is 27.2. The maximum absolute atomic E-state index is 12.6. The van der Waals surface area contributed by atoms with Gasteiger partial charge < -0.3 is 11.1 Å². The summed E-state index contributed by atoms with van der Waals surface area (Å²) in [5.74, 6) is -0.293. The van der Waals surface area contributed by atoms with Crippen LogP contribution in [0.5, 0.6) is 0 Å². The van der Waals surface area contributed by atoms with Crippen molar-refractivity contribution in [2.24, 2.45) is 0 Å². The maximum atomic E-state index is 12.6. The Hall–Kier alpha value is -3.88. The van der Waals surface area contributed by atoms with Crippen LogP contribution in [0.3, 0.4) is 0 Å². The molecule has 0 saturated carbocycles. The molecule has 4 aromatic rings. The molecular weight excluding hydrogens is 545 g/mol. The minimum Gasteiger partial charge on any atom is -0.393 e. The first-order chi connectivity index (χ1) is 18.1. The number of hydrazine groups is 1. The summed E-state index contributed by atoms with van der Waals surface area (Å²) in [6.07, 6.45) is 1.23. The van der Waals surface area contributed by atoms with Gasteiger partial charge in [0, 0.05) is 15.7 Å². The molecule has 5 N–H and O–H groups in total. The third-order valence-corrected chi connectivity index (χ3v) is 7.60. The van der Waals surface area contributed by atoms with E-state index in [-0.39, 0.29) is 22.2 Å². The molecule has 0 bridgehead atoms. The van der Waals surface area contributed by atoms with Gasteiger partial charge in [0.05, 0.1) is 16.9 Å². The summed E-state index contributed by atoms with van der Waals surface area (Å²) < 4.78 is 25.2. The van der Waals surface area contributed by atoms with Crippen molar-refractivity contribution in [3.63, 3.8) is 0 Å². The summed E-state index contributed by atoms with van der Waals surface area (Å²) >= 11 is 12.6. The fourth-order valence-corrected chi connectivity index (χ4v) is 4.89. The zero-order chi connectivity index (χ0) is 27.4. The van der Waals surface area contributed by atoms with Crippen LogP contribution in [-0.4, -0.2) is 18.4 Å². The van der Waals surface area contributed by atoms with E-state index in [0.717, 1.165) is 16.7 Å². The van der Waals surface area contributed by atoms with Crippen molar-refractivity contribution in [2.75, 3.05) is 16.5 Å². The van der Waals surface area contributed by atoms with Crippen LogP contribution in [0.25, 0.3) is 0 Å². The molecule has 1 aromatic heterocycles. The molecule has 9 nitrogen and oxygen atoms in total. The number of benzene rings is 3. The summed E-state index contributed by atoms with van der Waals surface area (Å²) in [4.78, 5) is 10.6. The third-order valence-electron chi connectivity index (χ3n) is 5.76. The van der Waals surface area contributed by atoms with Gasteiger partial charge in [0.15, 0.2) is 11.6 Å². The smallest absolute Gasteiger partial charge is 0.257 e. The van der Waals surface area contributed by atoms with Gasteiger partial charge in [-0.3, -0.25) is 5.43 Å². The number of nitrogen functional groups attached to an aromatic ring is 1. The van der Waals surface area contributed by atoms with Gasteiger partial charge in [-0.1, -0.05) is 59.1 Å². The zero-order valence-electron chi connectivity index (χ0n) is 20.3. The highest BCUT2D eigenvalue weighted by molar-refractivity contribution is 7.89. The molecular formula is C26H23Cl2N7O2S. The van der Waals surface area contributed by atoms with E-state index < -0.39 is 15.9 Å². The zero-order valence-corrected chi connectivity index (χ0v) is 22.7. The molecule has 0 amide bonds. The Morgan fingerprint density at radius 2 is 1.63 bits per heavy atom. The number of halogens is 2. The van der Waals surface area contributed by atoms with E-state index in [1.807, 2.05) is 19.9 Å². The molecule has 1 unspecified atom stereocenters. The number of sulfonamides is 1. The molecule has 1 atom stereocenters. The Kier molecular flexibility index (Phi) is 8.04. The predicted octanol–water partition coefficient (Wildman–Crippen LogP) is 5.69. The molecule has 1 heterocycles. The molecule has 0 radical (unpaired) electrons. The van der Waals surface area contributed by atoms with Crippen molar-refractivity contribution in [3.8, 4) is 6.07 Å². The lowest BCUT2D eigenvalue weighted by atomic mass is 9.91. The van der Waals surface area contributed by atoms with Crippen LogP contribution in [0.2, 0.25) is 10.0 Å². The van der Waals surface area contributed by atoms with E-state index in [0.29, 0.717) is 21.3 Å². The molecule has 0 spiro atoms. The lowest BCUT2D eigenvalue weighted by Gasteiger charge is -2.17. The Balaban J connectivity index is 1.55. The van der Waals surface area contributed by atoms with Crippen LogP contribution in [0.1, 0.15) is 28.2 Å². The van der Waals surface area contributed by atoms with E-state index in [1.165, 1.54) is 18.5 Å². The molecule has 0 saturated heterocycles. The number of rotatable bonds is 8. The molecule has 0 aliphatic rings. The van der Waals surface area contributed by atoms with Crippen LogP contribution in [0, 0.1) is 25.2 Å². The van der Waals surface area contributed by atoms with Gasteiger partial charge in [0.1, 0.15) is 12.0 Å². The van der Waals surface area contributed by atoms with E-state index in [1.54, 1.807) is 42.5 Å². The van der Waals surface area contributed by atoms with Crippen LogP contribution >= 0.6 is 23.2 Å². The van der Waals surface area contributed by atoms with Crippen molar-refractivity contribution >= 4 is 56.2 Å². The van der Waals surface area contributed by atoms with Crippen molar-refractivity contribution in [1.29, 1.82) is 5.26 Å². The Morgan fingerprint density at radius 1 is 0.974 bits per heavy atom. The van der Waals surface area contributed by atoms with Crippen LogP contribution in [-0.2, 0) is 10.0 Å². The summed E-state index contributed by atoms with van der Waals surface area (Å²) in [7, 11) is -3.87. The van der Waals surface area contributed by atoms with Crippen LogP contribution in [0.15, 0.2) is 71.9 Å². The minimum atomic E-state index is -3.87. The van der Waals surface area contributed by atoms with Gasteiger partial charge in [-0.2, -0.15) is 5.26 Å². The molecule has 4 rings (SSSR count). The summed E-state index contributed by atoms with van der Waals surface area (Å²) in [5.41, 5.74) is 12.6. The van der Waals surface area contributed by atoms with Gasteiger partial charge >= 0.3 is 0 Å². The fraction of sp³-hybridized carbons (Fsp3) is 0.115. The summed E-state index contributed by atoms with van der Waals surface area (Å²) in [6, 6.07) is 19.2. The number of nitrogens with one attached hydrogen (secondary N) is 3. The number of anilines is 4. The lowest BCUT2D eigenvalue weighted by Crippen LogP contribution is -2.30. The standard InChI is InChI=1S/C26H23Cl2N7O2S/c1-15-3-9-19(10-4-15)38(36,37)35-34-26-24(30)25(31-14-32-26)33-23-12-22(28)20(11-16(23)2)21(13-29)17-5-7-18(27)8-6-17/h3-12,14,21,35H,30H2,1-2H3,(H2,31,32,33,34). The van der Waals surface area contributed by atoms with E-state index in [2.05, 4.69) is 31.6 Å². The lowest BCUT2D eigenvalue weighted by molar-refractivity contribution is 0.587. The molecule has 0 aliphatic heterocycles. The van der Waals surface area contributed by atoms with Crippen molar-refractivity contribution in [3.05, 3.63) is 99.3 Å². The summed E-state index contributed by atoms with van der Waals surface area (Å²) in [6.45, 7) is 3.72. The van der Waals surface area contributed by atoms with E-state index in [9.17, 15) is 13.7 Å². The third kappa shape index (κ3) is 5.98. The highest BCUT2D eigenvalue weighted by Gasteiger charge is 2.20. The van der Waals surface area contributed by atoms with Gasteiger partial charge in [-0.25, -0.2) is 18.4 Å². The molecule has 12 heteroatoms. The molecule has 0 aliphatic carbocycles. The Morgan fingerprint density at radius 3 is 2.29 bits per heavy atom. The van der Waals surface area contributed by atoms with E-state index >= 15 is 0 Å². The monoisotopic (exact) mass is 567 g/mol. The van der Waals surface area contributed by atoms with Crippen LogP contribution in [0.4, 0.5) is 23.0 Å². The Labute approximate surface area is 230 Å². The molecule has 0 fully saturated rings. The molecule has 38 heavy (non-hydrogen) atoms. The average Bonchev–Trinajstić information content (AvgIpc) is 2.89. The van der Waals surface area contributed by atoms with Crippen molar-refractivity contribution in [2.45, 2.75) is 24.7 Å². The van der Waals surface area contributed by atoms with Gasteiger partial charge in [-0.15, -0.1) is 4.83 Å². The summed E-state index contributed by atoms with van der Waals surface area (Å²) in [5, 5.41) is 13.9. The second kappa shape index (κ2) is 11.2. The first-order valence-corrected chi connectivity index (χ1v) is 13.5. The van der Waals surface area contributed by atoms with Gasteiger partial charge in [0.2, 0.25) is 0 Å². The van der Waals surface area contributed by atoms with Crippen LogP contribution < -0.4 is 21.3 Å². The number of nitrogens with two attached hydrogens (primary N) is 1. The number of nitrogens with zero attached hydrogens (tertiary/aromatic N) is 3. The number of hydrogen-bond donors (Lipinski definition) is 4. The second-order valence-corrected chi connectivity index (χ2v) is 11.0. The number of hydrogen-bond acceptors (Lipinski definition) is 8. The SMILES string of the molecule is Cc1ccc(S(=O)(=O)NNc2ncnc(Nc3cc(Cl)c(C(C#N)c4ccc(Cl)cc4)cc3C)c2N)cc1. The number of aromatic nitrogens is 2. The normalized spacial score (nSPS) is 12.0. The molecule has 194 valence electrons. The minimum absolute atomic E-state index is 0.0610. The molecule has 3 aromatic carbocycles. The quantitative estimate of drug-likeness (QED) is 0.199. The predicted molar refractivity (Wildman–Crippen MR) is 150 cm³/mol. The fourth-order valence-electron chi connectivity index (χ4n) is 3.65. The first-order valence-electron chi connectivity index (χ1n) is 11.3. The highest BCUT2D eigenvalue weighted by Crippen LogP contribution is 2.36. The van der Waals surface area contributed by atoms with Crippen molar-refractivity contribution < 1.29 is 8.42 Å². The maximum Gasteiger partial charge on any atom is 0.257 e. The van der Waals surface area contributed by atoms with Gasteiger partial charge in [0.25, 0.3) is 10.0 Å². The average molecular weight is 568 g/mol.